The lowest BCUT2D eigenvalue weighted by Gasteiger charge is -2.35. The van der Waals surface area contributed by atoms with Crippen LogP contribution in [0.1, 0.15) is 18.4 Å². The van der Waals surface area contributed by atoms with E-state index in [9.17, 15) is 19.2 Å². The van der Waals surface area contributed by atoms with Crippen LogP contribution in [0.2, 0.25) is 0 Å². The van der Waals surface area contributed by atoms with Gasteiger partial charge in [0.15, 0.2) is 0 Å². The first-order chi connectivity index (χ1) is 12.9. The molecule has 2 heterocycles. The standard InChI is InChI=1S/C19H23N3O4S/c1-14-2-4-15(5-3-14)27-13-19(26)21-10-8-20(9-11-21)18(25)12-22-16(23)6-7-17(22)24/h2-5H,6-13H2,1H3. The Kier molecular flexibility index (Phi) is 6.15. The first kappa shape index (κ1) is 19.4. The van der Waals surface area contributed by atoms with Gasteiger partial charge in [0.25, 0.3) is 0 Å². The van der Waals surface area contributed by atoms with E-state index in [-0.39, 0.29) is 43.0 Å². The Labute approximate surface area is 162 Å². The van der Waals surface area contributed by atoms with Gasteiger partial charge in [0.05, 0.1) is 5.75 Å². The van der Waals surface area contributed by atoms with Crippen LogP contribution >= 0.6 is 11.8 Å². The monoisotopic (exact) mass is 389 g/mol. The number of likely N-dealkylation sites (tertiary alicyclic amines) is 1. The summed E-state index contributed by atoms with van der Waals surface area (Å²) in [5.41, 5.74) is 1.18. The van der Waals surface area contributed by atoms with Crippen molar-refractivity contribution in [1.29, 1.82) is 0 Å². The van der Waals surface area contributed by atoms with E-state index in [1.54, 1.807) is 9.80 Å². The fourth-order valence-corrected chi connectivity index (χ4v) is 3.91. The SMILES string of the molecule is Cc1ccc(SCC(=O)N2CCN(C(=O)CN3C(=O)CCC3=O)CC2)cc1. The summed E-state index contributed by atoms with van der Waals surface area (Å²) in [6.45, 7) is 3.64. The highest BCUT2D eigenvalue weighted by Gasteiger charge is 2.32. The van der Waals surface area contributed by atoms with E-state index in [1.165, 1.54) is 17.3 Å². The summed E-state index contributed by atoms with van der Waals surface area (Å²) in [5.74, 6) is -0.378. The number of piperazine rings is 1. The topological polar surface area (TPSA) is 78.0 Å². The van der Waals surface area contributed by atoms with Crippen molar-refractivity contribution in [2.24, 2.45) is 0 Å². The van der Waals surface area contributed by atoms with Crippen LogP contribution in [0, 0.1) is 6.92 Å². The number of hydrogen-bond acceptors (Lipinski definition) is 5. The van der Waals surface area contributed by atoms with Gasteiger partial charge in [0, 0.05) is 43.9 Å². The summed E-state index contributed by atoms with van der Waals surface area (Å²) in [5, 5.41) is 0. The van der Waals surface area contributed by atoms with Gasteiger partial charge in [-0.25, -0.2) is 0 Å². The Morgan fingerprint density at radius 3 is 1.96 bits per heavy atom. The zero-order valence-electron chi connectivity index (χ0n) is 15.3. The molecule has 8 heteroatoms. The average Bonchev–Trinajstić information content (AvgIpc) is 2.99. The van der Waals surface area contributed by atoms with Crippen LogP contribution in [0.5, 0.6) is 0 Å². The van der Waals surface area contributed by atoms with Gasteiger partial charge in [-0.2, -0.15) is 0 Å². The third-order valence-corrected chi connectivity index (χ3v) is 5.81. The first-order valence-electron chi connectivity index (χ1n) is 9.02. The fourth-order valence-electron chi connectivity index (χ4n) is 3.11. The summed E-state index contributed by atoms with van der Waals surface area (Å²) >= 11 is 1.51. The molecule has 2 fully saturated rings. The number of benzene rings is 1. The summed E-state index contributed by atoms with van der Waals surface area (Å²) in [4.78, 5) is 53.5. The number of aryl methyl sites for hydroxylation is 1. The van der Waals surface area contributed by atoms with Gasteiger partial charge in [0.1, 0.15) is 6.54 Å². The molecule has 0 aromatic heterocycles. The van der Waals surface area contributed by atoms with Crippen LogP contribution in [0.25, 0.3) is 0 Å². The molecule has 144 valence electrons. The number of amides is 4. The van der Waals surface area contributed by atoms with E-state index in [4.69, 9.17) is 0 Å². The molecule has 3 rings (SSSR count). The van der Waals surface area contributed by atoms with Crippen molar-refractivity contribution in [1.82, 2.24) is 14.7 Å². The normalized spacial score (nSPS) is 17.6. The molecule has 0 radical (unpaired) electrons. The Bertz CT molecular complexity index is 726. The maximum atomic E-state index is 12.4. The predicted molar refractivity (Wildman–Crippen MR) is 101 cm³/mol. The molecule has 27 heavy (non-hydrogen) atoms. The molecule has 7 nitrogen and oxygen atoms in total. The van der Waals surface area contributed by atoms with Crippen molar-refractivity contribution < 1.29 is 19.2 Å². The minimum atomic E-state index is -0.282. The van der Waals surface area contributed by atoms with E-state index >= 15 is 0 Å². The van der Waals surface area contributed by atoms with Crippen molar-refractivity contribution in [2.75, 3.05) is 38.5 Å². The van der Waals surface area contributed by atoms with Gasteiger partial charge < -0.3 is 9.80 Å². The molecule has 4 amide bonds. The highest BCUT2D eigenvalue weighted by molar-refractivity contribution is 8.00. The average molecular weight is 389 g/mol. The third kappa shape index (κ3) is 4.88. The smallest absolute Gasteiger partial charge is 0.242 e. The van der Waals surface area contributed by atoms with Crippen LogP contribution in [0.3, 0.4) is 0 Å². The molecule has 2 aliphatic heterocycles. The fraction of sp³-hybridized carbons (Fsp3) is 0.474. The Morgan fingerprint density at radius 1 is 0.889 bits per heavy atom. The van der Waals surface area contributed by atoms with Gasteiger partial charge in [-0.1, -0.05) is 17.7 Å². The largest absolute Gasteiger partial charge is 0.338 e. The lowest BCUT2D eigenvalue weighted by molar-refractivity contribution is -0.146. The lowest BCUT2D eigenvalue weighted by Crippen LogP contribution is -2.53. The molecule has 0 unspecified atom stereocenters. The van der Waals surface area contributed by atoms with Crippen molar-refractivity contribution in [3.8, 4) is 0 Å². The summed E-state index contributed by atoms with van der Waals surface area (Å²) in [6, 6.07) is 8.05. The van der Waals surface area contributed by atoms with Crippen molar-refractivity contribution in [3.63, 3.8) is 0 Å². The van der Waals surface area contributed by atoms with E-state index in [0.29, 0.717) is 31.9 Å². The molecule has 1 aromatic rings. The van der Waals surface area contributed by atoms with E-state index in [0.717, 1.165) is 9.80 Å². The predicted octanol–water partition coefficient (Wildman–Crippen LogP) is 0.907. The summed E-state index contributed by atoms with van der Waals surface area (Å²) in [7, 11) is 0. The minimum Gasteiger partial charge on any atom is -0.338 e. The zero-order valence-corrected chi connectivity index (χ0v) is 16.2. The quantitative estimate of drug-likeness (QED) is 0.553. The number of hydrogen-bond donors (Lipinski definition) is 0. The molecule has 2 aliphatic rings. The van der Waals surface area contributed by atoms with Crippen LogP contribution in [-0.4, -0.2) is 76.8 Å². The molecule has 0 aliphatic carbocycles. The number of thioether (sulfide) groups is 1. The minimum absolute atomic E-state index is 0.0533. The molecular weight excluding hydrogens is 366 g/mol. The van der Waals surface area contributed by atoms with Crippen molar-refractivity contribution in [3.05, 3.63) is 29.8 Å². The van der Waals surface area contributed by atoms with Crippen LogP contribution in [-0.2, 0) is 19.2 Å². The molecule has 0 saturated carbocycles. The molecule has 1 aromatic carbocycles. The number of carbonyl (C=O) groups excluding carboxylic acids is 4. The number of imide groups is 1. The number of carbonyl (C=O) groups is 4. The van der Waals surface area contributed by atoms with E-state index < -0.39 is 0 Å². The molecule has 0 atom stereocenters. The third-order valence-electron chi connectivity index (χ3n) is 4.82. The highest BCUT2D eigenvalue weighted by atomic mass is 32.2. The maximum absolute atomic E-state index is 12.4. The second kappa shape index (κ2) is 8.56. The van der Waals surface area contributed by atoms with Crippen LogP contribution in [0.4, 0.5) is 0 Å². The Balaban J connectivity index is 1.43. The number of nitrogens with zero attached hydrogens (tertiary/aromatic N) is 3. The van der Waals surface area contributed by atoms with Gasteiger partial charge in [0.2, 0.25) is 23.6 Å². The van der Waals surface area contributed by atoms with Gasteiger partial charge in [-0.05, 0) is 19.1 Å². The highest BCUT2D eigenvalue weighted by Crippen LogP contribution is 2.19. The Morgan fingerprint density at radius 2 is 1.41 bits per heavy atom. The van der Waals surface area contributed by atoms with Gasteiger partial charge in [-0.3, -0.25) is 24.1 Å². The molecular formula is C19H23N3O4S. The molecule has 2 saturated heterocycles. The molecule has 0 spiro atoms. The van der Waals surface area contributed by atoms with Crippen LogP contribution < -0.4 is 0 Å². The van der Waals surface area contributed by atoms with Crippen molar-refractivity contribution >= 4 is 35.4 Å². The maximum Gasteiger partial charge on any atom is 0.242 e. The van der Waals surface area contributed by atoms with E-state index in [2.05, 4.69) is 0 Å². The second-order valence-corrected chi connectivity index (χ2v) is 7.79. The lowest BCUT2D eigenvalue weighted by atomic mass is 10.2. The summed E-state index contributed by atoms with van der Waals surface area (Å²) in [6.07, 6.45) is 0.375. The van der Waals surface area contributed by atoms with E-state index in [1.807, 2.05) is 31.2 Å². The second-order valence-electron chi connectivity index (χ2n) is 6.74. The van der Waals surface area contributed by atoms with Crippen molar-refractivity contribution in [2.45, 2.75) is 24.7 Å². The zero-order chi connectivity index (χ0) is 19.4. The van der Waals surface area contributed by atoms with Gasteiger partial charge >= 0.3 is 0 Å². The first-order valence-corrected chi connectivity index (χ1v) is 10.0. The van der Waals surface area contributed by atoms with Gasteiger partial charge in [-0.15, -0.1) is 11.8 Å². The summed E-state index contributed by atoms with van der Waals surface area (Å²) < 4.78 is 0. The molecule has 0 N–H and O–H groups in total. The molecule has 0 bridgehead atoms. The Hall–Kier alpha value is -2.35. The van der Waals surface area contributed by atoms with Crippen LogP contribution in [0.15, 0.2) is 29.2 Å². The number of rotatable bonds is 5.